The van der Waals surface area contributed by atoms with E-state index >= 15 is 0 Å². The molecular weight excluding hydrogens is 371 g/mol. The summed E-state index contributed by atoms with van der Waals surface area (Å²) < 4.78 is 15.8. The van der Waals surface area contributed by atoms with Crippen LogP contribution >= 0.6 is 0 Å². The van der Waals surface area contributed by atoms with Gasteiger partial charge in [-0.1, -0.05) is 6.07 Å². The summed E-state index contributed by atoms with van der Waals surface area (Å²) >= 11 is 0. The lowest BCUT2D eigenvalue weighted by Crippen LogP contribution is -2.37. The van der Waals surface area contributed by atoms with E-state index in [9.17, 15) is 9.50 Å². The van der Waals surface area contributed by atoms with Crippen molar-refractivity contribution in [3.05, 3.63) is 77.5 Å². The van der Waals surface area contributed by atoms with Gasteiger partial charge in [0.2, 0.25) is 0 Å². The second-order valence-electron chi connectivity index (χ2n) is 7.83. The van der Waals surface area contributed by atoms with Gasteiger partial charge >= 0.3 is 0 Å². The average Bonchev–Trinajstić information content (AvgIpc) is 3.34. The van der Waals surface area contributed by atoms with Crippen LogP contribution in [0.5, 0.6) is 0 Å². The quantitative estimate of drug-likeness (QED) is 0.560. The van der Waals surface area contributed by atoms with E-state index in [-0.39, 0.29) is 11.9 Å². The minimum atomic E-state index is -0.957. The monoisotopic (exact) mass is 392 g/mol. The van der Waals surface area contributed by atoms with Crippen LogP contribution in [-0.2, 0) is 12.0 Å². The van der Waals surface area contributed by atoms with Gasteiger partial charge in [0.05, 0.1) is 23.3 Å². The van der Waals surface area contributed by atoms with E-state index in [1.165, 1.54) is 6.07 Å². The summed E-state index contributed by atoms with van der Waals surface area (Å²) in [5, 5.41) is 14.8. The van der Waals surface area contributed by atoms with Gasteiger partial charge in [-0.3, -0.25) is 0 Å². The minimum Gasteiger partial charge on any atom is -0.386 e. The van der Waals surface area contributed by atoms with Crippen LogP contribution in [0, 0.1) is 5.82 Å². The summed E-state index contributed by atoms with van der Waals surface area (Å²) in [5.74, 6) is 0.442. The fraction of sp³-hybridized carbons (Fsp3) is 0.286. The summed E-state index contributed by atoms with van der Waals surface area (Å²) in [6.45, 7) is 4.17. The molecule has 0 saturated heterocycles. The first-order valence-corrected chi connectivity index (χ1v) is 9.53. The standard InChI is InChI=1S/C21H21FN6O/c1-21(2,29)13-5-6-18(23-11-13)27-9-7-15-19(25-12-24-15)20(27)16-10-17-14(22)4-3-8-28(17)26-16/h3-6,8,10-12,20,29H,7,9H2,1-2H3,(H,24,25)/t20-/m0/s1. The van der Waals surface area contributed by atoms with Gasteiger partial charge in [0.1, 0.15) is 23.2 Å². The van der Waals surface area contributed by atoms with Gasteiger partial charge in [-0.05, 0) is 38.1 Å². The Kier molecular flexibility index (Phi) is 3.92. The summed E-state index contributed by atoms with van der Waals surface area (Å²) in [4.78, 5) is 14.5. The molecule has 0 fully saturated rings. The number of rotatable bonds is 3. The second-order valence-corrected chi connectivity index (χ2v) is 7.83. The van der Waals surface area contributed by atoms with Crippen LogP contribution < -0.4 is 4.90 Å². The first-order valence-electron chi connectivity index (χ1n) is 9.53. The lowest BCUT2D eigenvalue weighted by atomic mass is 9.98. The summed E-state index contributed by atoms with van der Waals surface area (Å²) in [6.07, 6.45) is 5.90. The highest BCUT2D eigenvalue weighted by Gasteiger charge is 2.34. The molecule has 29 heavy (non-hydrogen) atoms. The third-order valence-electron chi connectivity index (χ3n) is 5.42. The van der Waals surface area contributed by atoms with Crippen molar-refractivity contribution in [3.8, 4) is 0 Å². The second kappa shape index (κ2) is 6.38. The maximum atomic E-state index is 14.2. The summed E-state index contributed by atoms with van der Waals surface area (Å²) in [5.41, 5.74) is 2.84. The van der Waals surface area contributed by atoms with Crippen LogP contribution in [0.2, 0.25) is 0 Å². The highest BCUT2D eigenvalue weighted by Crippen LogP contribution is 2.36. The van der Waals surface area contributed by atoms with Gasteiger partial charge in [0.15, 0.2) is 0 Å². The number of imidazole rings is 1. The Morgan fingerprint density at radius 2 is 2.10 bits per heavy atom. The van der Waals surface area contributed by atoms with E-state index in [2.05, 4.69) is 25.0 Å². The molecule has 0 amide bonds. The van der Waals surface area contributed by atoms with Gasteiger partial charge < -0.3 is 15.0 Å². The Morgan fingerprint density at radius 3 is 2.83 bits per heavy atom. The Labute approximate surface area is 166 Å². The van der Waals surface area contributed by atoms with Gasteiger partial charge in [-0.2, -0.15) is 5.10 Å². The number of anilines is 1. The molecule has 2 N–H and O–H groups in total. The molecule has 0 aliphatic carbocycles. The highest BCUT2D eigenvalue weighted by molar-refractivity contribution is 5.54. The van der Waals surface area contributed by atoms with Crippen molar-refractivity contribution >= 4 is 11.3 Å². The number of aromatic amines is 1. The van der Waals surface area contributed by atoms with Crippen molar-refractivity contribution in [3.63, 3.8) is 0 Å². The van der Waals surface area contributed by atoms with Crippen molar-refractivity contribution in [2.45, 2.75) is 31.9 Å². The SMILES string of the molecule is CC(C)(O)c1ccc(N2CCc3[nH]cnc3[C@@H]2c2cc3c(F)cccn3n2)nc1. The molecule has 0 aromatic carbocycles. The largest absolute Gasteiger partial charge is 0.386 e. The van der Waals surface area contributed by atoms with Crippen LogP contribution in [0.4, 0.5) is 10.2 Å². The van der Waals surface area contributed by atoms with Crippen molar-refractivity contribution in [1.82, 2.24) is 24.6 Å². The van der Waals surface area contributed by atoms with E-state index in [1.54, 1.807) is 49.2 Å². The maximum Gasteiger partial charge on any atom is 0.148 e. The number of H-pyrrole nitrogens is 1. The first kappa shape index (κ1) is 17.8. The third-order valence-corrected chi connectivity index (χ3v) is 5.42. The van der Waals surface area contributed by atoms with E-state index in [0.717, 1.165) is 29.2 Å². The molecule has 1 aliphatic rings. The minimum absolute atomic E-state index is 0.287. The average molecular weight is 392 g/mol. The molecule has 4 aromatic rings. The van der Waals surface area contributed by atoms with Gasteiger partial charge in [0, 0.05) is 36.6 Å². The van der Waals surface area contributed by atoms with E-state index in [4.69, 9.17) is 0 Å². The summed E-state index contributed by atoms with van der Waals surface area (Å²) in [7, 11) is 0. The molecule has 1 aliphatic heterocycles. The number of fused-ring (bicyclic) bond motifs is 2. The lowest BCUT2D eigenvalue weighted by Gasteiger charge is -2.35. The molecule has 5 rings (SSSR count). The van der Waals surface area contributed by atoms with Gasteiger partial charge in [-0.25, -0.2) is 18.9 Å². The highest BCUT2D eigenvalue weighted by atomic mass is 19.1. The Bertz CT molecular complexity index is 1170. The zero-order valence-corrected chi connectivity index (χ0v) is 16.2. The maximum absolute atomic E-state index is 14.2. The predicted octanol–water partition coefficient (Wildman–Crippen LogP) is 2.97. The molecule has 0 bridgehead atoms. The van der Waals surface area contributed by atoms with E-state index in [1.807, 2.05) is 12.1 Å². The lowest BCUT2D eigenvalue weighted by molar-refractivity contribution is 0.0782. The normalized spacial score (nSPS) is 17.0. The molecule has 0 unspecified atom stereocenters. The first-order chi connectivity index (χ1) is 13.9. The van der Waals surface area contributed by atoms with Crippen molar-refractivity contribution in [2.75, 3.05) is 11.4 Å². The van der Waals surface area contributed by atoms with Gasteiger partial charge in [-0.15, -0.1) is 0 Å². The number of nitrogens with zero attached hydrogens (tertiary/aromatic N) is 5. The van der Waals surface area contributed by atoms with Crippen LogP contribution in [0.25, 0.3) is 5.52 Å². The van der Waals surface area contributed by atoms with Crippen molar-refractivity contribution in [1.29, 1.82) is 0 Å². The molecule has 0 spiro atoms. The Morgan fingerprint density at radius 1 is 1.24 bits per heavy atom. The number of halogens is 1. The summed E-state index contributed by atoms with van der Waals surface area (Å²) in [6, 6.07) is 8.31. The predicted molar refractivity (Wildman–Crippen MR) is 106 cm³/mol. The van der Waals surface area contributed by atoms with Crippen LogP contribution in [0.15, 0.2) is 49.1 Å². The smallest absolute Gasteiger partial charge is 0.148 e. The van der Waals surface area contributed by atoms with Gasteiger partial charge in [0.25, 0.3) is 0 Å². The van der Waals surface area contributed by atoms with Crippen LogP contribution in [-0.4, -0.2) is 36.2 Å². The molecule has 4 aromatic heterocycles. The molecular formula is C21H21FN6O. The van der Waals surface area contributed by atoms with E-state index < -0.39 is 5.60 Å². The molecule has 8 heteroatoms. The molecule has 7 nitrogen and oxygen atoms in total. The fourth-order valence-electron chi connectivity index (χ4n) is 3.87. The van der Waals surface area contributed by atoms with Crippen LogP contribution in [0.1, 0.15) is 42.5 Å². The van der Waals surface area contributed by atoms with Crippen molar-refractivity contribution < 1.29 is 9.50 Å². The van der Waals surface area contributed by atoms with Crippen LogP contribution in [0.3, 0.4) is 0 Å². The number of aliphatic hydroxyl groups is 1. The molecule has 0 saturated carbocycles. The zero-order valence-electron chi connectivity index (χ0n) is 16.2. The molecule has 0 radical (unpaired) electrons. The number of pyridine rings is 2. The molecule has 1 atom stereocenters. The number of nitrogens with one attached hydrogen (secondary N) is 1. The number of hydrogen-bond acceptors (Lipinski definition) is 5. The fourth-order valence-corrected chi connectivity index (χ4v) is 3.87. The molecule has 148 valence electrons. The topological polar surface area (TPSA) is 82.3 Å². The number of hydrogen-bond donors (Lipinski definition) is 2. The third kappa shape index (κ3) is 2.96. The van der Waals surface area contributed by atoms with Crippen molar-refractivity contribution in [2.24, 2.45) is 0 Å². The zero-order chi connectivity index (χ0) is 20.2. The molecule has 5 heterocycles. The Balaban J connectivity index is 1.61. The van der Waals surface area contributed by atoms with E-state index in [0.29, 0.717) is 17.8 Å². The Hall–Kier alpha value is -3.26. The number of aromatic nitrogens is 5.